The Balaban J connectivity index is 2.28. The predicted octanol–water partition coefficient (Wildman–Crippen LogP) is 3.54. The number of rotatable bonds is 4. The Labute approximate surface area is 151 Å². The van der Waals surface area contributed by atoms with E-state index < -0.39 is 0 Å². The molecule has 5 heteroatoms. The lowest BCUT2D eigenvalue weighted by Crippen LogP contribution is -2.18. The third kappa shape index (κ3) is 3.17. The first-order valence-electron chi connectivity index (χ1n) is 8.84. The minimum Gasteiger partial charge on any atom is -0.504 e. The van der Waals surface area contributed by atoms with Crippen molar-refractivity contribution in [2.75, 3.05) is 0 Å². The van der Waals surface area contributed by atoms with Gasteiger partial charge in [-0.2, -0.15) is 0 Å². The summed E-state index contributed by atoms with van der Waals surface area (Å²) < 4.78 is 1.43. The Bertz CT molecular complexity index is 1130. The monoisotopic (exact) mass is 352 g/mol. The number of aromatic amines is 1. The SMILES string of the molecule is Cc1cc(=O)[nH]c2c(O)c3c(cc12)c(CCC=CC(C)C)cc(=O)n3C. The molecule has 3 aromatic rings. The molecule has 0 atom stereocenters. The molecule has 0 aliphatic rings. The van der Waals surface area contributed by atoms with Gasteiger partial charge in [0.1, 0.15) is 0 Å². The molecule has 0 unspecified atom stereocenters. The first kappa shape index (κ1) is 18.0. The van der Waals surface area contributed by atoms with E-state index in [0.29, 0.717) is 23.4 Å². The van der Waals surface area contributed by atoms with Gasteiger partial charge in [0.25, 0.3) is 5.56 Å². The molecule has 5 nitrogen and oxygen atoms in total. The van der Waals surface area contributed by atoms with Crippen LogP contribution in [0.4, 0.5) is 0 Å². The normalized spacial score (nSPS) is 12.0. The van der Waals surface area contributed by atoms with Gasteiger partial charge in [-0.15, -0.1) is 0 Å². The molecule has 0 fully saturated rings. The molecule has 0 aliphatic heterocycles. The molecular weight excluding hydrogens is 328 g/mol. The van der Waals surface area contributed by atoms with Crippen LogP contribution in [-0.4, -0.2) is 14.7 Å². The average Bonchev–Trinajstić information content (AvgIpc) is 2.56. The van der Waals surface area contributed by atoms with Crippen LogP contribution in [0, 0.1) is 12.8 Å². The molecule has 0 saturated heterocycles. The summed E-state index contributed by atoms with van der Waals surface area (Å²) in [4.78, 5) is 26.9. The highest BCUT2D eigenvalue weighted by Crippen LogP contribution is 2.34. The van der Waals surface area contributed by atoms with Crippen molar-refractivity contribution in [3.05, 3.63) is 62.2 Å². The van der Waals surface area contributed by atoms with E-state index in [2.05, 4.69) is 31.0 Å². The summed E-state index contributed by atoms with van der Waals surface area (Å²) in [6.07, 6.45) is 5.80. The molecule has 26 heavy (non-hydrogen) atoms. The second-order valence-corrected chi connectivity index (χ2v) is 7.14. The van der Waals surface area contributed by atoms with Crippen LogP contribution in [0.1, 0.15) is 31.4 Å². The van der Waals surface area contributed by atoms with Gasteiger partial charge >= 0.3 is 0 Å². The van der Waals surface area contributed by atoms with Gasteiger partial charge in [-0.1, -0.05) is 26.0 Å². The molecule has 0 amide bonds. The number of aromatic nitrogens is 2. The van der Waals surface area contributed by atoms with Crippen molar-refractivity contribution in [3.63, 3.8) is 0 Å². The number of phenolic OH excluding ortho intramolecular Hbond substituents is 1. The summed E-state index contributed by atoms with van der Waals surface area (Å²) in [7, 11) is 1.63. The number of aromatic hydroxyl groups is 1. The van der Waals surface area contributed by atoms with Crippen LogP contribution in [0.3, 0.4) is 0 Å². The number of hydrogen-bond acceptors (Lipinski definition) is 3. The molecule has 0 radical (unpaired) electrons. The maximum absolute atomic E-state index is 12.4. The van der Waals surface area contributed by atoms with E-state index in [-0.39, 0.29) is 16.9 Å². The molecule has 0 spiro atoms. The summed E-state index contributed by atoms with van der Waals surface area (Å²) in [5.41, 5.74) is 2.07. The third-order valence-corrected chi connectivity index (χ3v) is 4.71. The van der Waals surface area contributed by atoms with E-state index in [1.807, 2.05) is 13.0 Å². The Morgan fingerprint density at radius 2 is 1.92 bits per heavy atom. The van der Waals surface area contributed by atoms with Gasteiger partial charge in [0, 0.05) is 30.0 Å². The van der Waals surface area contributed by atoms with Crippen LogP contribution in [0.5, 0.6) is 5.75 Å². The van der Waals surface area contributed by atoms with E-state index in [1.165, 1.54) is 10.6 Å². The molecule has 2 heterocycles. The van der Waals surface area contributed by atoms with Crippen molar-refractivity contribution >= 4 is 21.8 Å². The number of hydrogen-bond donors (Lipinski definition) is 2. The van der Waals surface area contributed by atoms with E-state index in [9.17, 15) is 14.7 Å². The fourth-order valence-electron chi connectivity index (χ4n) is 3.36. The number of phenols is 1. The van der Waals surface area contributed by atoms with Crippen molar-refractivity contribution in [3.8, 4) is 5.75 Å². The Morgan fingerprint density at radius 1 is 1.19 bits per heavy atom. The van der Waals surface area contributed by atoms with Gasteiger partial charge in [0.15, 0.2) is 5.75 Å². The van der Waals surface area contributed by atoms with Gasteiger partial charge in [-0.05, 0) is 42.9 Å². The minimum atomic E-state index is -0.273. The van der Waals surface area contributed by atoms with Gasteiger partial charge in [-0.3, -0.25) is 9.59 Å². The van der Waals surface area contributed by atoms with Crippen LogP contribution >= 0.6 is 0 Å². The second-order valence-electron chi connectivity index (χ2n) is 7.14. The quantitative estimate of drug-likeness (QED) is 0.557. The number of pyridine rings is 2. The molecule has 2 aromatic heterocycles. The van der Waals surface area contributed by atoms with Crippen molar-refractivity contribution in [1.82, 2.24) is 9.55 Å². The second kappa shape index (κ2) is 6.83. The summed E-state index contributed by atoms with van der Waals surface area (Å²) in [5.74, 6) is 0.431. The zero-order valence-electron chi connectivity index (χ0n) is 15.6. The van der Waals surface area contributed by atoms with Crippen molar-refractivity contribution < 1.29 is 5.11 Å². The first-order valence-corrected chi connectivity index (χ1v) is 8.84. The fourth-order valence-corrected chi connectivity index (χ4v) is 3.36. The lowest BCUT2D eigenvalue weighted by Gasteiger charge is -2.14. The molecule has 0 saturated carbocycles. The average molecular weight is 352 g/mol. The van der Waals surface area contributed by atoms with Crippen LogP contribution in [0.25, 0.3) is 21.8 Å². The number of nitrogens with one attached hydrogen (secondary N) is 1. The smallest absolute Gasteiger partial charge is 0.251 e. The highest BCUT2D eigenvalue weighted by Gasteiger charge is 2.15. The Morgan fingerprint density at radius 3 is 2.62 bits per heavy atom. The number of benzene rings is 1. The Hall–Kier alpha value is -2.82. The molecule has 0 bridgehead atoms. The molecule has 1 aromatic carbocycles. The van der Waals surface area contributed by atoms with Gasteiger partial charge < -0.3 is 14.7 Å². The van der Waals surface area contributed by atoms with Gasteiger partial charge in [0.2, 0.25) is 5.56 Å². The predicted molar refractivity (Wildman–Crippen MR) is 106 cm³/mol. The maximum atomic E-state index is 12.4. The van der Waals surface area contributed by atoms with E-state index in [1.54, 1.807) is 13.1 Å². The number of aryl methyl sites for hydroxylation is 3. The van der Waals surface area contributed by atoms with Crippen molar-refractivity contribution in [2.24, 2.45) is 13.0 Å². The van der Waals surface area contributed by atoms with Crippen LogP contribution < -0.4 is 11.1 Å². The largest absolute Gasteiger partial charge is 0.504 e. The van der Waals surface area contributed by atoms with Gasteiger partial charge in [-0.25, -0.2) is 0 Å². The topological polar surface area (TPSA) is 75.1 Å². The minimum absolute atomic E-state index is 0.0579. The third-order valence-electron chi connectivity index (χ3n) is 4.71. The van der Waals surface area contributed by atoms with Crippen LogP contribution in [-0.2, 0) is 13.5 Å². The number of H-pyrrole nitrogens is 1. The Kier molecular flexibility index (Phi) is 4.72. The van der Waals surface area contributed by atoms with E-state index in [4.69, 9.17) is 0 Å². The standard InChI is InChI=1S/C21H24N2O3/c1-12(2)7-5-6-8-14-10-18(25)23(4)20-16(14)11-15-13(3)9-17(24)22-19(15)21(20)26/h5,7,9-12,26H,6,8H2,1-4H3,(H,22,24). The van der Waals surface area contributed by atoms with E-state index in [0.717, 1.165) is 28.3 Å². The van der Waals surface area contributed by atoms with Crippen molar-refractivity contribution in [1.29, 1.82) is 0 Å². The number of nitrogens with zero attached hydrogens (tertiary/aromatic N) is 1. The summed E-state index contributed by atoms with van der Waals surface area (Å²) in [6.45, 7) is 6.09. The summed E-state index contributed by atoms with van der Waals surface area (Å²) >= 11 is 0. The molecular formula is C21H24N2O3. The summed E-state index contributed by atoms with van der Waals surface area (Å²) in [6, 6.07) is 5.11. The zero-order valence-corrected chi connectivity index (χ0v) is 15.6. The maximum Gasteiger partial charge on any atom is 0.251 e. The first-order chi connectivity index (χ1) is 12.3. The molecule has 3 rings (SSSR count). The highest BCUT2D eigenvalue weighted by molar-refractivity contribution is 6.03. The molecule has 136 valence electrons. The van der Waals surface area contributed by atoms with Crippen LogP contribution in [0.15, 0.2) is 39.9 Å². The van der Waals surface area contributed by atoms with Crippen molar-refractivity contribution in [2.45, 2.75) is 33.6 Å². The van der Waals surface area contributed by atoms with E-state index >= 15 is 0 Å². The fraction of sp³-hybridized carbons (Fsp3) is 0.333. The zero-order chi connectivity index (χ0) is 19.0. The molecule has 2 N–H and O–H groups in total. The lowest BCUT2D eigenvalue weighted by atomic mass is 9.99. The van der Waals surface area contributed by atoms with Crippen LogP contribution in [0.2, 0.25) is 0 Å². The number of allylic oxidation sites excluding steroid dienone is 2. The van der Waals surface area contributed by atoms with Gasteiger partial charge in [0.05, 0.1) is 11.0 Å². The summed E-state index contributed by atoms with van der Waals surface area (Å²) in [5, 5.41) is 12.4. The lowest BCUT2D eigenvalue weighted by molar-refractivity contribution is 0.483. The number of fused-ring (bicyclic) bond motifs is 2. The molecule has 0 aliphatic carbocycles. The highest BCUT2D eigenvalue weighted by atomic mass is 16.3.